The Morgan fingerprint density at radius 3 is 2.69 bits per heavy atom. The van der Waals surface area contributed by atoms with Gasteiger partial charge >= 0.3 is 0 Å². The van der Waals surface area contributed by atoms with Gasteiger partial charge in [0.25, 0.3) is 0 Å². The molecule has 1 unspecified atom stereocenters. The molecule has 3 saturated heterocycles. The molecule has 0 radical (unpaired) electrons. The van der Waals surface area contributed by atoms with Crippen LogP contribution in [-0.4, -0.2) is 30.2 Å². The van der Waals surface area contributed by atoms with Gasteiger partial charge in [-0.2, -0.15) is 5.26 Å². The molecule has 0 amide bonds. The van der Waals surface area contributed by atoms with Crippen LogP contribution in [-0.2, 0) is 0 Å². The standard InChI is InChI=1S/C10H15FN2/c11-10-3-6-13(7-4-10)8-9(10)2-1-5-12/h9H,1-4,6-8H2. The largest absolute Gasteiger partial charge is 0.303 e. The molecule has 3 fully saturated rings. The van der Waals surface area contributed by atoms with Crippen molar-refractivity contribution in [3.8, 4) is 6.07 Å². The fraction of sp³-hybridized carbons (Fsp3) is 0.900. The van der Waals surface area contributed by atoms with Gasteiger partial charge in [-0.25, -0.2) is 4.39 Å². The molecule has 2 nitrogen and oxygen atoms in total. The first kappa shape index (κ1) is 8.96. The summed E-state index contributed by atoms with van der Waals surface area (Å²) in [6, 6.07) is 2.11. The molecule has 0 N–H and O–H groups in total. The summed E-state index contributed by atoms with van der Waals surface area (Å²) in [5.41, 5.74) is -0.939. The fourth-order valence-corrected chi connectivity index (χ4v) is 2.58. The molecule has 1 atom stereocenters. The normalized spacial score (nSPS) is 43.1. The van der Waals surface area contributed by atoms with E-state index in [-0.39, 0.29) is 5.92 Å². The Hall–Kier alpha value is -0.620. The van der Waals surface area contributed by atoms with Crippen molar-refractivity contribution in [1.82, 2.24) is 4.90 Å². The van der Waals surface area contributed by atoms with E-state index in [1.165, 1.54) is 0 Å². The molecule has 3 aliphatic rings. The molecular weight excluding hydrogens is 167 g/mol. The number of hydrogen-bond donors (Lipinski definition) is 0. The Morgan fingerprint density at radius 1 is 1.46 bits per heavy atom. The predicted molar refractivity (Wildman–Crippen MR) is 47.9 cm³/mol. The quantitative estimate of drug-likeness (QED) is 0.650. The second-order valence-electron chi connectivity index (χ2n) is 4.23. The van der Waals surface area contributed by atoms with Crippen molar-refractivity contribution < 1.29 is 4.39 Å². The number of nitrogens with zero attached hydrogens (tertiary/aromatic N) is 2. The van der Waals surface area contributed by atoms with Crippen molar-refractivity contribution in [2.24, 2.45) is 5.92 Å². The third-order valence-corrected chi connectivity index (χ3v) is 3.50. The Balaban J connectivity index is 2.00. The monoisotopic (exact) mass is 182 g/mol. The van der Waals surface area contributed by atoms with Crippen molar-refractivity contribution in [3.05, 3.63) is 0 Å². The second-order valence-corrected chi connectivity index (χ2v) is 4.23. The van der Waals surface area contributed by atoms with E-state index in [2.05, 4.69) is 11.0 Å². The predicted octanol–water partition coefficient (Wildman–Crippen LogP) is 1.72. The van der Waals surface area contributed by atoms with Gasteiger partial charge in [-0.1, -0.05) is 0 Å². The van der Waals surface area contributed by atoms with Gasteiger partial charge in [0, 0.05) is 32.0 Å². The summed E-state index contributed by atoms with van der Waals surface area (Å²) in [5.74, 6) is 0.120. The van der Waals surface area contributed by atoms with Gasteiger partial charge in [-0.3, -0.25) is 0 Å². The minimum absolute atomic E-state index is 0.120. The zero-order valence-corrected chi connectivity index (χ0v) is 7.80. The Kier molecular flexibility index (Phi) is 2.25. The van der Waals surface area contributed by atoms with Crippen LogP contribution in [0.15, 0.2) is 0 Å². The highest BCUT2D eigenvalue weighted by Crippen LogP contribution is 2.41. The lowest BCUT2D eigenvalue weighted by molar-refractivity contribution is -0.0621. The molecule has 2 bridgehead atoms. The summed E-state index contributed by atoms with van der Waals surface area (Å²) in [4.78, 5) is 2.32. The van der Waals surface area contributed by atoms with E-state index in [0.29, 0.717) is 19.3 Å². The summed E-state index contributed by atoms with van der Waals surface area (Å²) >= 11 is 0. The molecule has 72 valence electrons. The van der Waals surface area contributed by atoms with Crippen LogP contribution in [0.4, 0.5) is 4.39 Å². The molecule has 0 saturated carbocycles. The van der Waals surface area contributed by atoms with Crippen molar-refractivity contribution in [1.29, 1.82) is 5.26 Å². The van der Waals surface area contributed by atoms with E-state index in [9.17, 15) is 4.39 Å². The van der Waals surface area contributed by atoms with Gasteiger partial charge in [-0.05, 0) is 19.3 Å². The molecule has 3 heterocycles. The SMILES string of the molecule is N#CCCC1CN2CCC1(F)CC2. The third kappa shape index (κ3) is 1.55. The average molecular weight is 182 g/mol. The van der Waals surface area contributed by atoms with Crippen LogP contribution in [0, 0.1) is 17.2 Å². The maximum atomic E-state index is 14.2. The van der Waals surface area contributed by atoms with E-state index in [0.717, 1.165) is 26.1 Å². The van der Waals surface area contributed by atoms with Crippen LogP contribution in [0.5, 0.6) is 0 Å². The van der Waals surface area contributed by atoms with E-state index in [4.69, 9.17) is 5.26 Å². The molecule has 0 aliphatic carbocycles. The number of halogens is 1. The lowest BCUT2D eigenvalue weighted by Crippen LogP contribution is -2.56. The number of nitriles is 1. The van der Waals surface area contributed by atoms with Crippen molar-refractivity contribution in [2.75, 3.05) is 19.6 Å². The van der Waals surface area contributed by atoms with E-state index in [1.807, 2.05) is 0 Å². The van der Waals surface area contributed by atoms with Crippen molar-refractivity contribution in [3.63, 3.8) is 0 Å². The van der Waals surface area contributed by atoms with Crippen molar-refractivity contribution >= 4 is 0 Å². The molecule has 3 heteroatoms. The van der Waals surface area contributed by atoms with E-state index < -0.39 is 5.67 Å². The summed E-state index contributed by atoms with van der Waals surface area (Å²) in [5, 5.41) is 8.46. The fourth-order valence-electron chi connectivity index (χ4n) is 2.58. The maximum Gasteiger partial charge on any atom is 0.117 e. The Morgan fingerprint density at radius 2 is 2.15 bits per heavy atom. The van der Waals surface area contributed by atoms with Gasteiger partial charge in [-0.15, -0.1) is 0 Å². The van der Waals surface area contributed by atoms with Gasteiger partial charge in [0.2, 0.25) is 0 Å². The summed E-state index contributed by atoms with van der Waals surface area (Å²) < 4.78 is 14.2. The number of piperidine rings is 3. The first-order valence-electron chi connectivity index (χ1n) is 5.03. The summed E-state index contributed by atoms with van der Waals surface area (Å²) in [6.45, 7) is 2.71. The van der Waals surface area contributed by atoms with Crippen LogP contribution in [0.3, 0.4) is 0 Å². The summed E-state index contributed by atoms with van der Waals surface area (Å²) in [6.07, 6.45) is 2.61. The minimum Gasteiger partial charge on any atom is -0.303 e. The number of fused-ring (bicyclic) bond motifs is 3. The van der Waals surface area contributed by atoms with E-state index in [1.54, 1.807) is 0 Å². The van der Waals surface area contributed by atoms with Crippen LogP contribution in [0.25, 0.3) is 0 Å². The van der Waals surface area contributed by atoms with Crippen LogP contribution in [0.2, 0.25) is 0 Å². The zero-order chi connectivity index (χ0) is 9.31. The molecule has 3 aliphatic heterocycles. The third-order valence-electron chi connectivity index (χ3n) is 3.50. The molecule has 3 rings (SSSR count). The first-order chi connectivity index (χ1) is 6.24. The minimum atomic E-state index is -0.939. The lowest BCUT2D eigenvalue weighted by atomic mass is 9.74. The lowest BCUT2D eigenvalue weighted by Gasteiger charge is -2.49. The maximum absolute atomic E-state index is 14.2. The highest BCUT2D eigenvalue weighted by atomic mass is 19.1. The molecule has 0 aromatic rings. The number of rotatable bonds is 2. The molecule has 0 aromatic heterocycles. The Bertz CT molecular complexity index is 226. The van der Waals surface area contributed by atoms with Crippen LogP contribution < -0.4 is 0 Å². The number of hydrogen-bond acceptors (Lipinski definition) is 2. The second kappa shape index (κ2) is 3.26. The highest BCUT2D eigenvalue weighted by Gasteiger charge is 2.46. The van der Waals surface area contributed by atoms with Gasteiger partial charge in [0.15, 0.2) is 0 Å². The molecule has 0 spiro atoms. The molecular formula is C10H15FN2. The van der Waals surface area contributed by atoms with Gasteiger partial charge in [0.1, 0.15) is 5.67 Å². The van der Waals surface area contributed by atoms with Crippen molar-refractivity contribution in [2.45, 2.75) is 31.4 Å². The first-order valence-corrected chi connectivity index (χ1v) is 5.03. The van der Waals surface area contributed by atoms with Gasteiger partial charge in [0.05, 0.1) is 6.07 Å². The molecule has 0 aromatic carbocycles. The van der Waals surface area contributed by atoms with Crippen LogP contribution in [0.1, 0.15) is 25.7 Å². The van der Waals surface area contributed by atoms with Crippen LogP contribution >= 0.6 is 0 Å². The molecule has 13 heavy (non-hydrogen) atoms. The summed E-state index contributed by atoms with van der Waals surface area (Å²) in [7, 11) is 0. The highest BCUT2D eigenvalue weighted by molar-refractivity contribution is 4.99. The Labute approximate surface area is 78.3 Å². The number of alkyl halides is 1. The smallest absolute Gasteiger partial charge is 0.117 e. The van der Waals surface area contributed by atoms with E-state index >= 15 is 0 Å². The zero-order valence-electron chi connectivity index (χ0n) is 7.80. The topological polar surface area (TPSA) is 27.0 Å². The average Bonchev–Trinajstić information content (AvgIpc) is 2.16. The van der Waals surface area contributed by atoms with Gasteiger partial charge < -0.3 is 4.90 Å².